The lowest BCUT2D eigenvalue weighted by Gasteiger charge is -2.14. The average molecular weight is 476 g/mol. The van der Waals surface area contributed by atoms with E-state index in [4.69, 9.17) is 21.9 Å². The largest absolute Gasteiger partial charge is 0.490 e. The molecule has 1 aliphatic rings. The number of ether oxygens (including phenoxy) is 1. The fourth-order valence-corrected chi connectivity index (χ4v) is 2.65. The summed E-state index contributed by atoms with van der Waals surface area (Å²) in [4.78, 5) is 12.8. The third-order valence-corrected chi connectivity index (χ3v) is 4.98. The molecule has 1 heterocycles. The molecule has 0 spiro atoms. The van der Waals surface area contributed by atoms with Crippen LogP contribution in [-0.4, -0.2) is 42.0 Å². The number of nitrogens with zero attached hydrogens (tertiary/aromatic N) is 3. The number of halogens is 2. The van der Waals surface area contributed by atoms with Gasteiger partial charge in [-0.1, -0.05) is 12.5 Å². The van der Waals surface area contributed by atoms with E-state index in [1.54, 1.807) is 18.5 Å². The number of hydrogen-bond donors (Lipinski definition) is 4. The maximum Gasteiger partial charge on any atom is 0.276 e. The van der Waals surface area contributed by atoms with Crippen LogP contribution in [0.4, 0.5) is 14.6 Å². The van der Waals surface area contributed by atoms with E-state index in [0.29, 0.717) is 34.9 Å². The van der Waals surface area contributed by atoms with Gasteiger partial charge in [-0.15, -0.1) is 0 Å². The lowest BCUT2D eigenvalue weighted by atomic mass is 10.1. The van der Waals surface area contributed by atoms with Gasteiger partial charge in [0.05, 0.1) is 18.4 Å². The number of anilines is 1. The molecule has 8 nitrogen and oxygen atoms in total. The Morgan fingerprint density at radius 1 is 1.35 bits per heavy atom. The Bertz CT molecular complexity index is 993. The Kier molecular flexibility index (Phi) is 10.2. The van der Waals surface area contributed by atoms with Gasteiger partial charge in [0.1, 0.15) is 17.4 Å². The predicted molar refractivity (Wildman–Crippen MR) is 135 cm³/mol. The highest BCUT2D eigenvalue weighted by Crippen LogP contribution is 2.33. The number of nitrogens with one attached hydrogen (secondary N) is 1. The van der Waals surface area contributed by atoms with Crippen LogP contribution in [0.5, 0.6) is 5.75 Å². The maximum absolute atomic E-state index is 13.1. The van der Waals surface area contributed by atoms with Gasteiger partial charge in [-0.05, 0) is 40.0 Å². The summed E-state index contributed by atoms with van der Waals surface area (Å²) in [7, 11) is 0. The van der Waals surface area contributed by atoms with Gasteiger partial charge in [-0.3, -0.25) is 4.99 Å². The molecule has 10 heteroatoms. The van der Waals surface area contributed by atoms with E-state index in [1.165, 1.54) is 19.2 Å². The van der Waals surface area contributed by atoms with E-state index < -0.39 is 6.43 Å². The van der Waals surface area contributed by atoms with Crippen molar-refractivity contribution in [1.29, 1.82) is 0 Å². The summed E-state index contributed by atoms with van der Waals surface area (Å²) in [6.07, 6.45) is 6.20. The third-order valence-electron chi connectivity index (χ3n) is 4.98. The van der Waals surface area contributed by atoms with Crippen LogP contribution in [-0.2, 0) is 0 Å². The number of rotatable bonds is 12. The molecule has 1 unspecified atom stereocenters. The van der Waals surface area contributed by atoms with Crippen LogP contribution in [0.2, 0.25) is 0 Å². The van der Waals surface area contributed by atoms with Crippen molar-refractivity contribution < 1.29 is 13.5 Å². The van der Waals surface area contributed by atoms with Gasteiger partial charge >= 0.3 is 0 Å². The Morgan fingerprint density at radius 2 is 2.06 bits per heavy atom. The number of pyridine rings is 1. The fraction of sp³-hybridized carbons (Fsp3) is 0.458. The SMILES string of the molecule is CC/C(C)=C(N)/C=C(\N=C(/C)C(F)F)Nc1cc(OC2CC2)c(/C(C=NCC(C)N)=C/N)cn1. The first kappa shape index (κ1) is 27.0. The van der Waals surface area contributed by atoms with Crippen LogP contribution in [0, 0.1) is 0 Å². The predicted octanol–water partition coefficient (Wildman–Crippen LogP) is 3.96. The van der Waals surface area contributed by atoms with Crippen molar-refractivity contribution in [2.75, 3.05) is 11.9 Å². The molecule has 0 radical (unpaired) electrons. The Morgan fingerprint density at radius 3 is 2.62 bits per heavy atom. The van der Waals surface area contributed by atoms with Crippen molar-refractivity contribution in [1.82, 2.24) is 4.98 Å². The molecular weight excluding hydrogens is 440 g/mol. The summed E-state index contributed by atoms with van der Waals surface area (Å²) >= 11 is 0. The number of nitrogens with two attached hydrogens (primary N) is 3. The van der Waals surface area contributed by atoms with Gasteiger partial charge in [0.2, 0.25) is 0 Å². The van der Waals surface area contributed by atoms with Gasteiger partial charge in [0, 0.05) is 53.6 Å². The third kappa shape index (κ3) is 8.58. The van der Waals surface area contributed by atoms with Crippen LogP contribution in [0.15, 0.2) is 51.6 Å². The first-order valence-electron chi connectivity index (χ1n) is 11.3. The highest BCUT2D eigenvalue weighted by atomic mass is 19.3. The van der Waals surface area contributed by atoms with Crippen molar-refractivity contribution >= 4 is 23.3 Å². The van der Waals surface area contributed by atoms with Gasteiger partial charge in [0.15, 0.2) is 0 Å². The molecule has 2 rings (SSSR count). The number of allylic oxidation sites excluding steroid dienone is 3. The van der Waals surface area contributed by atoms with E-state index in [1.807, 2.05) is 20.8 Å². The van der Waals surface area contributed by atoms with Crippen LogP contribution in [0.25, 0.3) is 5.57 Å². The molecule has 34 heavy (non-hydrogen) atoms. The van der Waals surface area contributed by atoms with Crippen LogP contribution < -0.4 is 27.3 Å². The Labute approximate surface area is 199 Å². The second kappa shape index (κ2) is 12.8. The van der Waals surface area contributed by atoms with E-state index in [9.17, 15) is 8.78 Å². The molecule has 1 aromatic heterocycles. The molecule has 7 N–H and O–H groups in total. The minimum absolute atomic E-state index is 0.0811. The summed E-state index contributed by atoms with van der Waals surface area (Å²) in [6.45, 7) is 7.39. The minimum atomic E-state index is -2.69. The molecule has 186 valence electrons. The summed E-state index contributed by atoms with van der Waals surface area (Å²) in [6, 6.07) is 1.60. The Hall–Kier alpha value is -3.27. The lowest BCUT2D eigenvalue weighted by Crippen LogP contribution is -2.18. The van der Waals surface area contributed by atoms with Gasteiger partial charge in [-0.25, -0.2) is 18.8 Å². The van der Waals surface area contributed by atoms with Gasteiger partial charge < -0.3 is 27.3 Å². The minimum Gasteiger partial charge on any atom is -0.490 e. The monoisotopic (exact) mass is 475 g/mol. The summed E-state index contributed by atoms with van der Waals surface area (Å²) in [5, 5.41) is 2.99. The second-order valence-electron chi connectivity index (χ2n) is 8.27. The molecule has 1 fully saturated rings. The standard InChI is InChI=1S/C24H35F2N7O/c1-5-14(2)20(29)8-23(32-16(4)24(25)26)33-22-9-21(34-18-6-7-18)19(13-31-22)17(10-27)12-30-11-15(3)28/h8-10,12-13,15,18,24H,5-7,11,27-29H2,1-4H3,(H,31,33)/b17-10+,20-14-,23-8+,30-12?,32-16+. The van der Waals surface area contributed by atoms with E-state index >= 15 is 0 Å². The molecule has 0 amide bonds. The molecular formula is C24H35F2N7O. The van der Waals surface area contributed by atoms with Crippen LogP contribution in [0.3, 0.4) is 0 Å². The van der Waals surface area contributed by atoms with Crippen molar-refractivity contribution in [3.05, 3.63) is 47.2 Å². The average Bonchev–Trinajstić information content (AvgIpc) is 3.60. The molecule has 1 atom stereocenters. The quantitative estimate of drug-likeness (QED) is 0.267. The van der Waals surface area contributed by atoms with Gasteiger partial charge in [-0.2, -0.15) is 0 Å². The van der Waals surface area contributed by atoms with E-state index in [-0.39, 0.29) is 23.7 Å². The molecule has 0 bridgehead atoms. The first-order valence-corrected chi connectivity index (χ1v) is 11.3. The van der Waals surface area contributed by atoms with Crippen molar-refractivity contribution in [2.45, 2.75) is 65.5 Å². The highest BCUT2D eigenvalue weighted by molar-refractivity contribution is 6.10. The Balaban J connectivity index is 2.43. The van der Waals surface area contributed by atoms with Crippen molar-refractivity contribution in [3.63, 3.8) is 0 Å². The van der Waals surface area contributed by atoms with E-state index in [2.05, 4.69) is 20.3 Å². The van der Waals surface area contributed by atoms with Crippen LogP contribution >= 0.6 is 0 Å². The normalized spacial score (nSPS) is 17.2. The maximum atomic E-state index is 13.1. The zero-order chi connectivity index (χ0) is 25.3. The van der Waals surface area contributed by atoms with Crippen molar-refractivity contribution in [3.8, 4) is 5.75 Å². The lowest BCUT2D eigenvalue weighted by molar-refractivity contribution is 0.225. The smallest absolute Gasteiger partial charge is 0.276 e. The summed E-state index contributed by atoms with van der Waals surface area (Å²) < 4.78 is 32.3. The number of aromatic nitrogens is 1. The zero-order valence-corrected chi connectivity index (χ0v) is 20.2. The molecule has 1 saturated carbocycles. The second-order valence-corrected chi connectivity index (χ2v) is 8.27. The van der Waals surface area contributed by atoms with Crippen molar-refractivity contribution in [2.24, 2.45) is 27.2 Å². The first-order chi connectivity index (χ1) is 16.1. The number of aliphatic imine (C=N–C) groups is 2. The summed E-state index contributed by atoms with van der Waals surface area (Å²) in [5.41, 5.74) is 20.0. The van der Waals surface area contributed by atoms with E-state index in [0.717, 1.165) is 24.8 Å². The highest BCUT2D eigenvalue weighted by Gasteiger charge is 2.25. The molecule has 0 aliphatic heterocycles. The number of alkyl halides is 2. The molecule has 1 aromatic rings. The summed E-state index contributed by atoms with van der Waals surface area (Å²) in [5.74, 6) is 1.06. The topological polar surface area (TPSA) is 137 Å². The molecule has 0 aromatic carbocycles. The van der Waals surface area contributed by atoms with Gasteiger partial charge in [0.25, 0.3) is 6.43 Å². The fourth-order valence-electron chi connectivity index (χ4n) is 2.65. The molecule has 1 aliphatic carbocycles. The molecule has 0 saturated heterocycles. The zero-order valence-electron chi connectivity index (χ0n) is 20.2. The van der Waals surface area contributed by atoms with Crippen LogP contribution in [0.1, 0.15) is 52.5 Å². The number of hydrogen-bond acceptors (Lipinski definition) is 8.